The van der Waals surface area contributed by atoms with Crippen molar-refractivity contribution in [1.29, 1.82) is 0 Å². The van der Waals surface area contributed by atoms with Crippen molar-refractivity contribution in [3.8, 4) is 0 Å². The molecule has 0 fully saturated rings. The SMILES string of the molecule is CCc1cccc(NC(=O)Cn2c(=O)n(Cc3ccccc3F)c(=O)c3sccc32)c1. The van der Waals surface area contributed by atoms with Crippen LogP contribution in [0, 0.1) is 5.82 Å². The van der Waals surface area contributed by atoms with E-state index in [1.54, 1.807) is 29.6 Å². The number of aryl methyl sites for hydroxylation is 1. The van der Waals surface area contributed by atoms with Crippen LogP contribution in [0.2, 0.25) is 0 Å². The van der Waals surface area contributed by atoms with Crippen LogP contribution in [-0.4, -0.2) is 15.0 Å². The van der Waals surface area contributed by atoms with Gasteiger partial charge in [-0.25, -0.2) is 9.18 Å². The molecule has 0 spiro atoms. The van der Waals surface area contributed by atoms with Crippen molar-refractivity contribution in [2.45, 2.75) is 26.4 Å². The molecule has 1 amide bonds. The van der Waals surface area contributed by atoms with Crippen LogP contribution in [0.15, 0.2) is 69.6 Å². The van der Waals surface area contributed by atoms with Crippen LogP contribution in [0.3, 0.4) is 0 Å². The number of aromatic nitrogens is 2. The summed E-state index contributed by atoms with van der Waals surface area (Å²) in [6.45, 7) is 1.55. The Labute approximate surface area is 181 Å². The van der Waals surface area contributed by atoms with E-state index in [2.05, 4.69) is 5.32 Å². The zero-order valence-corrected chi connectivity index (χ0v) is 17.6. The lowest BCUT2D eigenvalue weighted by atomic mass is 10.1. The third kappa shape index (κ3) is 4.20. The number of carbonyl (C=O) groups excluding carboxylic acids is 1. The molecule has 0 radical (unpaired) electrons. The highest BCUT2D eigenvalue weighted by molar-refractivity contribution is 7.17. The van der Waals surface area contributed by atoms with Crippen LogP contribution in [0.25, 0.3) is 10.2 Å². The first-order valence-electron chi connectivity index (χ1n) is 9.81. The number of halogens is 1. The van der Waals surface area contributed by atoms with Gasteiger partial charge in [0.2, 0.25) is 5.91 Å². The minimum Gasteiger partial charge on any atom is -0.325 e. The van der Waals surface area contributed by atoms with Gasteiger partial charge in [0.25, 0.3) is 5.56 Å². The molecule has 0 aliphatic heterocycles. The molecule has 0 atom stereocenters. The van der Waals surface area contributed by atoms with Crippen molar-refractivity contribution < 1.29 is 9.18 Å². The number of fused-ring (bicyclic) bond motifs is 1. The molecule has 2 aromatic heterocycles. The number of thiophene rings is 1. The van der Waals surface area contributed by atoms with Crippen molar-refractivity contribution in [3.63, 3.8) is 0 Å². The summed E-state index contributed by atoms with van der Waals surface area (Å²) in [5.74, 6) is -0.890. The van der Waals surface area contributed by atoms with Gasteiger partial charge in [-0.3, -0.25) is 18.7 Å². The van der Waals surface area contributed by atoms with E-state index in [0.29, 0.717) is 15.9 Å². The average molecular weight is 437 g/mol. The second-order valence-electron chi connectivity index (χ2n) is 7.09. The maximum Gasteiger partial charge on any atom is 0.332 e. The molecule has 4 rings (SSSR count). The predicted molar refractivity (Wildman–Crippen MR) is 120 cm³/mol. The van der Waals surface area contributed by atoms with Crippen molar-refractivity contribution in [3.05, 3.63) is 97.8 Å². The van der Waals surface area contributed by atoms with E-state index in [9.17, 15) is 18.8 Å². The maximum atomic E-state index is 14.1. The van der Waals surface area contributed by atoms with Crippen LogP contribution >= 0.6 is 11.3 Å². The highest BCUT2D eigenvalue weighted by atomic mass is 32.1. The number of hydrogen-bond donors (Lipinski definition) is 1. The van der Waals surface area contributed by atoms with Gasteiger partial charge in [-0.2, -0.15) is 0 Å². The lowest BCUT2D eigenvalue weighted by Gasteiger charge is -2.13. The van der Waals surface area contributed by atoms with E-state index in [-0.39, 0.29) is 24.6 Å². The molecular weight excluding hydrogens is 417 g/mol. The summed E-state index contributed by atoms with van der Waals surface area (Å²) >= 11 is 1.18. The Bertz CT molecular complexity index is 1390. The first-order valence-corrected chi connectivity index (χ1v) is 10.7. The van der Waals surface area contributed by atoms with Crippen molar-refractivity contribution >= 4 is 33.1 Å². The van der Waals surface area contributed by atoms with E-state index in [1.165, 1.54) is 28.0 Å². The minimum atomic E-state index is -0.656. The molecule has 1 N–H and O–H groups in total. The fraction of sp³-hybridized carbons (Fsp3) is 0.174. The second kappa shape index (κ2) is 8.69. The zero-order chi connectivity index (χ0) is 22.0. The molecule has 0 aliphatic carbocycles. The van der Waals surface area contributed by atoms with Crippen LogP contribution in [0.4, 0.5) is 10.1 Å². The molecule has 4 aromatic rings. The van der Waals surface area contributed by atoms with Crippen LogP contribution in [-0.2, 0) is 24.3 Å². The Morgan fingerprint density at radius 3 is 2.65 bits per heavy atom. The van der Waals surface area contributed by atoms with Crippen molar-refractivity contribution in [2.75, 3.05) is 5.32 Å². The summed E-state index contributed by atoms with van der Waals surface area (Å²) in [6, 6.07) is 15.1. The summed E-state index contributed by atoms with van der Waals surface area (Å²) in [5, 5.41) is 4.49. The minimum absolute atomic E-state index is 0.210. The molecule has 2 aromatic carbocycles. The fourth-order valence-corrected chi connectivity index (χ4v) is 4.28. The van der Waals surface area contributed by atoms with Gasteiger partial charge in [0.1, 0.15) is 17.1 Å². The number of nitrogens with zero attached hydrogens (tertiary/aromatic N) is 2. The lowest BCUT2D eigenvalue weighted by Crippen LogP contribution is -2.41. The smallest absolute Gasteiger partial charge is 0.325 e. The molecule has 31 heavy (non-hydrogen) atoms. The van der Waals surface area contributed by atoms with Gasteiger partial charge in [-0.15, -0.1) is 11.3 Å². The van der Waals surface area contributed by atoms with Gasteiger partial charge < -0.3 is 5.32 Å². The van der Waals surface area contributed by atoms with Gasteiger partial charge >= 0.3 is 5.69 Å². The summed E-state index contributed by atoms with van der Waals surface area (Å²) in [6.07, 6.45) is 0.833. The number of amides is 1. The van der Waals surface area contributed by atoms with Crippen LogP contribution in [0.5, 0.6) is 0 Å². The zero-order valence-electron chi connectivity index (χ0n) is 16.8. The summed E-state index contributed by atoms with van der Waals surface area (Å²) < 4.78 is 16.7. The summed E-state index contributed by atoms with van der Waals surface area (Å²) in [4.78, 5) is 38.7. The van der Waals surface area contributed by atoms with Gasteiger partial charge in [-0.05, 0) is 41.6 Å². The number of carbonyl (C=O) groups is 1. The average Bonchev–Trinajstić information content (AvgIpc) is 3.25. The Morgan fingerprint density at radius 2 is 1.87 bits per heavy atom. The first-order chi connectivity index (χ1) is 15.0. The number of nitrogens with one attached hydrogen (secondary N) is 1. The number of hydrogen-bond acceptors (Lipinski definition) is 4. The normalized spacial score (nSPS) is 11.0. The monoisotopic (exact) mass is 437 g/mol. The van der Waals surface area contributed by atoms with Crippen LogP contribution in [0.1, 0.15) is 18.1 Å². The molecule has 6 nitrogen and oxygen atoms in total. The lowest BCUT2D eigenvalue weighted by molar-refractivity contribution is -0.116. The van der Waals surface area contributed by atoms with E-state index in [4.69, 9.17) is 0 Å². The molecule has 8 heteroatoms. The molecule has 0 unspecified atom stereocenters. The molecule has 0 saturated carbocycles. The molecule has 158 valence electrons. The first kappa shape index (κ1) is 20.7. The van der Waals surface area contributed by atoms with E-state index < -0.39 is 17.1 Å². The van der Waals surface area contributed by atoms with Crippen LogP contribution < -0.4 is 16.6 Å². The van der Waals surface area contributed by atoms with Crippen molar-refractivity contribution in [1.82, 2.24) is 9.13 Å². The quantitative estimate of drug-likeness (QED) is 0.501. The van der Waals surface area contributed by atoms with Gasteiger partial charge in [0.05, 0.1) is 12.1 Å². The van der Waals surface area contributed by atoms with Gasteiger partial charge in [0.15, 0.2) is 0 Å². The highest BCUT2D eigenvalue weighted by Gasteiger charge is 2.17. The molecule has 2 heterocycles. The highest BCUT2D eigenvalue weighted by Crippen LogP contribution is 2.17. The largest absolute Gasteiger partial charge is 0.332 e. The third-order valence-corrected chi connectivity index (χ3v) is 5.94. The molecule has 0 bridgehead atoms. The van der Waals surface area contributed by atoms with E-state index in [1.807, 2.05) is 25.1 Å². The maximum absolute atomic E-state index is 14.1. The molecule has 0 saturated heterocycles. The third-order valence-electron chi connectivity index (χ3n) is 5.04. The Kier molecular flexibility index (Phi) is 5.81. The van der Waals surface area contributed by atoms with Gasteiger partial charge in [-0.1, -0.05) is 37.3 Å². The summed E-state index contributed by atoms with van der Waals surface area (Å²) in [5.41, 5.74) is 1.18. The molecule has 0 aliphatic rings. The Morgan fingerprint density at radius 1 is 1.06 bits per heavy atom. The van der Waals surface area contributed by atoms with Crippen molar-refractivity contribution in [2.24, 2.45) is 0 Å². The molecular formula is C23H20FN3O3S. The Hall–Kier alpha value is -3.52. The Balaban J connectivity index is 1.71. The summed E-state index contributed by atoms with van der Waals surface area (Å²) in [7, 11) is 0. The van der Waals surface area contributed by atoms with E-state index >= 15 is 0 Å². The number of rotatable bonds is 6. The van der Waals surface area contributed by atoms with Gasteiger partial charge in [0, 0.05) is 11.3 Å². The topological polar surface area (TPSA) is 73.1 Å². The number of anilines is 1. The number of benzene rings is 2. The van der Waals surface area contributed by atoms with E-state index in [0.717, 1.165) is 16.6 Å². The fourth-order valence-electron chi connectivity index (χ4n) is 3.44. The second-order valence-corrected chi connectivity index (χ2v) is 8.00. The predicted octanol–water partition coefficient (Wildman–Crippen LogP) is 3.61. The standard InChI is InChI=1S/C23H20FN3O3S/c1-2-15-6-5-8-17(12-15)25-20(28)14-26-19-10-11-31-21(19)22(29)27(23(26)30)13-16-7-3-4-9-18(16)24/h3-12H,2,13-14H2,1H3,(H,25,28).